The molecule has 0 aromatic heterocycles. The van der Waals surface area contributed by atoms with Crippen LogP contribution in [0.25, 0.3) is 0 Å². The van der Waals surface area contributed by atoms with E-state index in [0.29, 0.717) is 31.6 Å². The van der Waals surface area contributed by atoms with Crippen LogP contribution in [0.3, 0.4) is 0 Å². The van der Waals surface area contributed by atoms with E-state index in [1.807, 2.05) is 0 Å². The highest BCUT2D eigenvalue weighted by Crippen LogP contribution is 2.22. The zero-order valence-electron chi connectivity index (χ0n) is 14.8. The van der Waals surface area contributed by atoms with Gasteiger partial charge in [-0.15, -0.1) is 0 Å². The van der Waals surface area contributed by atoms with E-state index in [4.69, 9.17) is 10.2 Å². The van der Waals surface area contributed by atoms with Crippen LogP contribution < -0.4 is 5.32 Å². The van der Waals surface area contributed by atoms with Gasteiger partial charge in [-0.2, -0.15) is 0 Å². The van der Waals surface area contributed by atoms with Gasteiger partial charge in [-0.05, 0) is 12.8 Å². The third-order valence-corrected chi connectivity index (χ3v) is 5.31. The van der Waals surface area contributed by atoms with Crippen molar-refractivity contribution >= 4 is 40.6 Å². The molecule has 1 aliphatic rings. The Morgan fingerprint density at radius 1 is 1.23 bits per heavy atom. The maximum absolute atomic E-state index is 12.6. The monoisotopic (exact) mass is 388 g/mol. The normalized spacial score (nSPS) is 18.8. The lowest BCUT2D eigenvalue weighted by molar-refractivity contribution is -0.148. The number of rotatable bonds is 9. The van der Waals surface area contributed by atoms with Crippen LogP contribution in [0.1, 0.15) is 39.5 Å². The standard InChI is InChI=1S/C16H24N2O7S/c1-3-13(21)26-8-9(2)15(23)18-6-4-5-11(18)14(22)17-10(16(24)25)7-12(19)20/h9-11H,3-8H2,1-2H3,(H,17,22)(H,19,20)(H,24,25)/t9?,10-,11-/m0/s1. The molecule has 0 saturated carbocycles. The Labute approximate surface area is 155 Å². The fraction of sp³-hybridized carbons (Fsp3) is 0.688. The number of likely N-dealkylation sites (tertiary alicyclic amines) is 1. The van der Waals surface area contributed by atoms with Gasteiger partial charge in [0.15, 0.2) is 5.12 Å². The first-order valence-electron chi connectivity index (χ1n) is 8.38. The number of carboxylic acids is 2. The summed E-state index contributed by atoms with van der Waals surface area (Å²) in [6, 6.07) is -2.37. The minimum atomic E-state index is -1.55. The molecule has 3 atom stereocenters. The minimum absolute atomic E-state index is 0.0154. The highest BCUT2D eigenvalue weighted by Gasteiger charge is 2.37. The summed E-state index contributed by atoms with van der Waals surface area (Å²) in [4.78, 5) is 59.5. The van der Waals surface area contributed by atoms with Crippen LogP contribution in [0, 0.1) is 5.92 Å². The number of nitrogens with zero attached hydrogens (tertiary/aromatic N) is 1. The second-order valence-corrected chi connectivity index (χ2v) is 7.20. The molecule has 10 heteroatoms. The fourth-order valence-corrected chi connectivity index (χ4v) is 3.40. The average Bonchev–Trinajstić information content (AvgIpc) is 3.07. The maximum Gasteiger partial charge on any atom is 0.326 e. The Kier molecular flexibility index (Phi) is 8.56. The number of amides is 2. The first-order chi connectivity index (χ1) is 12.2. The SMILES string of the molecule is CCC(=O)SCC(C)C(=O)N1CCC[C@H]1C(=O)N[C@@H](CC(=O)O)C(=O)O. The summed E-state index contributed by atoms with van der Waals surface area (Å²) in [5.74, 6) is -3.88. The van der Waals surface area contributed by atoms with Crippen molar-refractivity contribution in [3.05, 3.63) is 0 Å². The largest absolute Gasteiger partial charge is 0.481 e. The smallest absolute Gasteiger partial charge is 0.326 e. The van der Waals surface area contributed by atoms with Gasteiger partial charge in [-0.1, -0.05) is 25.6 Å². The Balaban J connectivity index is 2.71. The minimum Gasteiger partial charge on any atom is -0.481 e. The molecule has 1 rings (SSSR count). The molecule has 1 aliphatic heterocycles. The van der Waals surface area contributed by atoms with Crippen molar-refractivity contribution in [1.29, 1.82) is 0 Å². The number of carboxylic acid groups (broad SMARTS) is 2. The van der Waals surface area contributed by atoms with Crippen LogP contribution in [0.2, 0.25) is 0 Å². The summed E-state index contributed by atoms with van der Waals surface area (Å²) in [5, 5.41) is 20.0. The molecule has 1 unspecified atom stereocenters. The van der Waals surface area contributed by atoms with E-state index < -0.39 is 42.3 Å². The predicted octanol–water partition coefficient (Wildman–Crippen LogP) is 0.327. The third-order valence-electron chi connectivity index (χ3n) is 4.04. The highest BCUT2D eigenvalue weighted by molar-refractivity contribution is 8.13. The van der Waals surface area contributed by atoms with E-state index in [-0.39, 0.29) is 11.0 Å². The molecule has 3 N–H and O–H groups in total. The third kappa shape index (κ3) is 6.32. The molecule has 146 valence electrons. The van der Waals surface area contributed by atoms with Crippen molar-refractivity contribution in [2.45, 2.75) is 51.6 Å². The molecule has 1 saturated heterocycles. The van der Waals surface area contributed by atoms with E-state index in [9.17, 15) is 24.0 Å². The zero-order valence-corrected chi connectivity index (χ0v) is 15.6. The number of hydrogen-bond acceptors (Lipinski definition) is 6. The van der Waals surface area contributed by atoms with E-state index in [1.54, 1.807) is 13.8 Å². The topological polar surface area (TPSA) is 141 Å². The molecule has 2 amide bonds. The molecule has 1 fully saturated rings. The molecule has 9 nitrogen and oxygen atoms in total. The van der Waals surface area contributed by atoms with Crippen molar-refractivity contribution < 1.29 is 34.2 Å². The lowest BCUT2D eigenvalue weighted by atomic mass is 10.1. The molecule has 26 heavy (non-hydrogen) atoms. The lowest BCUT2D eigenvalue weighted by Gasteiger charge is -2.27. The first kappa shape index (κ1) is 21.9. The van der Waals surface area contributed by atoms with Crippen LogP contribution in [0.15, 0.2) is 0 Å². The molecule has 0 aromatic rings. The summed E-state index contributed by atoms with van der Waals surface area (Å²) in [6.45, 7) is 3.78. The number of nitrogens with one attached hydrogen (secondary N) is 1. The van der Waals surface area contributed by atoms with E-state index in [2.05, 4.69) is 5.32 Å². The Bertz CT molecular complexity index is 581. The summed E-state index contributed by atoms with van der Waals surface area (Å²) in [7, 11) is 0. The van der Waals surface area contributed by atoms with Gasteiger partial charge < -0.3 is 20.4 Å². The number of thioether (sulfide) groups is 1. The van der Waals surface area contributed by atoms with Gasteiger partial charge in [-0.3, -0.25) is 19.2 Å². The molecule has 0 aliphatic carbocycles. The molecular weight excluding hydrogens is 364 g/mol. The maximum atomic E-state index is 12.6. The zero-order chi connectivity index (χ0) is 19.9. The second kappa shape index (κ2) is 10.1. The first-order valence-corrected chi connectivity index (χ1v) is 9.37. The van der Waals surface area contributed by atoms with Crippen LogP contribution in [0.4, 0.5) is 0 Å². The number of hydrogen-bond donors (Lipinski definition) is 3. The molecule has 0 spiro atoms. The molecule has 0 radical (unpaired) electrons. The summed E-state index contributed by atoms with van der Waals surface area (Å²) >= 11 is 1.07. The number of carbonyl (C=O) groups is 5. The summed E-state index contributed by atoms with van der Waals surface area (Å²) in [6.07, 6.45) is 0.605. The number of carbonyl (C=O) groups excluding carboxylic acids is 3. The quantitative estimate of drug-likeness (QED) is 0.513. The van der Waals surface area contributed by atoms with Crippen molar-refractivity contribution in [1.82, 2.24) is 10.2 Å². The highest BCUT2D eigenvalue weighted by atomic mass is 32.2. The predicted molar refractivity (Wildman–Crippen MR) is 93.5 cm³/mol. The summed E-state index contributed by atoms with van der Waals surface area (Å²) in [5.41, 5.74) is 0. The van der Waals surface area contributed by atoms with Crippen LogP contribution >= 0.6 is 11.8 Å². The van der Waals surface area contributed by atoms with Gasteiger partial charge in [0.2, 0.25) is 11.8 Å². The van der Waals surface area contributed by atoms with Gasteiger partial charge in [0.1, 0.15) is 12.1 Å². The van der Waals surface area contributed by atoms with Crippen molar-refractivity contribution in [3.63, 3.8) is 0 Å². The second-order valence-electron chi connectivity index (χ2n) is 6.12. The molecular formula is C16H24N2O7S. The number of aliphatic carboxylic acids is 2. The molecule has 0 bridgehead atoms. The van der Waals surface area contributed by atoms with E-state index in [1.165, 1.54) is 4.90 Å². The van der Waals surface area contributed by atoms with Gasteiger partial charge in [0.05, 0.1) is 6.42 Å². The van der Waals surface area contributed by atoms with Gasteiger partial charge in [0, 0.05) is 24.6 Å². The average molecular weight is 388 g/mol. The Morgan fingerprint density at radius 3 is 2.42 bits per heavy atom. The van der Waals surface area contributed by atoms with Gasteiger partial charge in [0.25, 0.3) is 0 Å². The Hall–Kier alpha value is -2.10. The summed E-state index contributed by atoms with van der Waals surface area (Å²) < 4.78 is 0. The van der Waals surface area contributed by atoms with Crippen molar-refractivity contribution in [2.24, 2.45) is 5.92 Å². The van der Waals surface area contributed by atoms with Gasteiger partial charge in [-0.25, -0.2) is 4.79 Å². The molecule has 1 heterocycles. The van der Waals surface area contributed by atoms with Crippen molar-refractivity contribution in [2.75, 3.05) is 12.3 Å². The van der Waals surface area contributed by atoms with Crippen molar-refractivity contribution in [3.8, 4) is 0 Å². The van der Waals surface area contributed by atoms with Crippen LogP contribution in [-0.4, -0.2) is 68.4 Å². The van der Waals surface area contributed by atoms with E-state index in [0.717, 1.165) is 11.8 Å². The molecule has 0 aromatic carbocycles. The fourth-order valence-electron chi connectivity index (χ4n) is 2.62. The van der Waals surface area contributed by atoms with Crippen LogP contribution in [-0.2, 0) is 24.0 Å². The van der Waals surface area contributed by atoms with Gasteiger partial charge >= 0.3 is 11.9 Å². The lowest BCUT2D eigenvalue weighted by Crippen LogP contribution is -2.52. The van der Waals surface area contributed by atoms with E-state index >= 15 is 0 Å². The van der Waals surface area contributed by atoms with Crippen LogP contribution in [0.5, 0.6) is 0 Å². The Morgan fingerprint density at radius 2 is 1.88 bits per heavy atom.